The van der Waals surface area contributed by atoms with Crippen LogP contribution in [0.3, 0.4) is 0 Å². The van der Waals surface area contributed by atoms with Crippen LogP contribution in [0.15, 0.2) is 9.98 Å². The number of hydrogen-bond donors (Lipinski definition) is 0. The van der Waals surface area contributed by atoms with E-state index in [1.54, 1.807) is 29.4 Å². The normalized spacial score (nSPS) is 19.2. The fraction of sp³-hybridized carbons (Fsp3) is 0.667. The number of aromatic nitrogens is 4. The van der Waals surface area contributed by atoms with Gasteiger partial charge in [0.1, 0.15) is 17.7 Å². The molecule has 1 aliphatic heterocycles. The van der Waals surface area contributed by atoms with Gasteiger partial charge in [-0.25, -0.2) is 19.3 Å². The SMILES string of the molecule is CCC1OC(n2nc(C#CCOC)c3c(N=CN(C)C)nc(N=CN(C)C)nc32)CC1OP(OCCC#N)N(C(C)C)C(C)C. The second-order valence-corrected chi connectivity index (χ2v) is 12.9. The minimum absolute atomic E-state index is 0.179. The lowest BCUT2D eigenvalue weighted by Crippen LogP contribution is -2.35. The Morgan fingerprint density at radius 2 is 1.80 bits per heavy atom. The van der Waals surface area contributed by atoms with Gasteiger partial charge in [-0.2, -0.15) is 20.3 Å². The van der Waals surface area contributed by atoms with Crippen LogP contribution in [-0.4, -0.2) is 120 Å². The van der Waals surface area contributed by atoms with Crippen LogP contribution < -0.4 is 0 Å². The van der Waals surface area contributed by atoms with Crippen molar-refractivity contribution in [3.8, 4) is 17.9 Å². The fourth-order valence-electron chi connectivity index (χ4n) is 4.71. The second-order valence-electron chi connectivity index (χ2n) is 11.5. The van der Waals surface area contributed by atoms with Crippen molar-refractivity contribution in [3.05, 3.63) is 5.69 Å². The van der Waals surface area contributed by atoms with E-state index in [1.807, 2.05) is 33.1 Å². The summed E-state index contributed by atoms with van der Waals surface area (Å²) in [5, 5.41) is 14.6. The first-order valence-corrected chi connectivity index (χ1v) is 16.2. The van der Waals surface area contributed by atoms with E-state index < -0.39 is 14.8 Å². The van der Waals surface area contributed by atoms with Gasteiger partial charge in [0.25, 0.3) is 14.5 Å². The Bertz CT molecular complexity index is 1400. The lowest BCUT2D eigenvalue weighted by Gasteiger charge is -2.37. The van der Waals surface area contributed by atoms with E-state index in [0.717, 1.165) is 6.42 Å². The molecule has 3 rings (SSSR count). The van der Waals surface area contributed by atoms with Crippen molar-refractivity contribution in [2.75, 3.05) is 48.5 Å². The van der Waals surface area contributed by atoms with E-state index in [1.165, 1.54) is 0 Å². The molecule has 2 aromatic rings. The van der Waals surface area contributed by atoms with E-state index in [0.29, 0.717) is 35.6 Å². The van der Waals surface area contributed by atoms with Crippen molar-refractivity contribution in [1.29, 1.82) is 5.26 Å². The first-order chi connectivity index (χ1) is 21.5. The molecular weight excluding hydrogens is 595 g/mol. The molecule has 3 heterocycles. The Labute approximate surface area is 268 Å². The molecule has 4 atom stereocenters. The Balaban J connectivity index is 2.11. The molecule has 0 saturated carbocycles. The highest BCUT2D eigenvalue weighted by atomic mass is 31.2. The summed E-state index contributed by atoms with van der Waals surface area (Å²) in [4.78, 5) is 22.1. The number of nitrogens with zero attached hydrogens (tertiary/aromatic N) is 10. The molecular formula is C30H47N10O4P. The van der Waals surface area contributed by atoms with Crippen molar-refractivity contribution in [2.24, 2.45) is 9.98 Å². The van der Waals surface area contributed by atoms with Crippen LogP contribution in [0.4, 0.5) is 11.8 Å². The fourth-order valence-corrected chi connectivity index (χ4v) is 6.47. The Morgan fingerprint density at radius 1 is 1.11 bits per heavy atom. The van der Waals surface area contributed by atoms with Crippen molar-refractivity contribution in [3.63, 3.8) is 0 Å². The molecule has 1 fully saturated rings. The van der Waals surface area contributed by atoms with Crippen LogP contribution in [-0.2, 0) is 18.5 Å². The molecule has 15 heteroatoms. The molecule has 0 N–H and O–H groups in total. The summed E-state index contributed by atoms with van der Waals surface area (Å²) in [6, 6.07) is 2.52. The first kappa shape index (κ1) is 36.2. The van der Waals surface area contributed by atoms with Gasteiger partial charge in [-0.15, -0.1) is 0 Å². The number of fused-ring (bicyclic) bond motifs is 1. The summed E-state index contributed by atoms with van der Waals surface area (Å²) in [5.74, 6) is 6.73. The molecule has 0 radical (unpaired) electrons. The zero-order valence-electron chi connectivity index (χ0n) is 28.1. The number of nitriles is 1. The molecule has 0 amide bonds. The third-order valence-electron chi connectivity index (χ3n) is 6.50. The maximum Gasteiger partial charge on any atom is 0.259 e. The maximum atomic E-state index is 9.12. The molecule has 14 nitrogen and oxygen atoms in total. The summed E-state index contributed by atoms with van der Waals surface area (Å²) in [6.07, 6.45) is 3.80. The van der Waals surface area contributed by atoms with Gasteiger partial charge in [0.05, 0.1) is 44.0 Å². The lowest BCUT2D eigenvalue weighted by molar-refractivity contribution is -0.0216. The maximum absolute atomic E-state index is 9.12. The van der Waals surface area contributed by atoms with Crippen LogP contribution in [0.2, 0.25) is 0 Å². The van der Waals surface area contributed by atoms with Crippen molar-refractivity contribution >= 4 is 44.0 Å². The van der Waals surface area contributed by atoms with Gasteiger partial charge in [-0.1, -0.05) is 12.8 Å². The van der Waals surface area contributed by atoms with Crippen LogP contribution in [0.1, 0.15) is 65.8 Å². The molecule has 2 aromatic heterocycles. The molecule has 0 spiro atoms. The van der Waals surface area contributed by atoms with Crippen molar-refractivity contribution < 1.29 is 18.5 Å². The van der Waals surface area contributed by atoms with Gasteiger partial charge in [0.2, 0.25) is 0 Å². The number of rotatable bonds is 15. The van der Waals surface area contributed by atoms with Gasteiger partial charge in [0.15, 0.2) is 17.7 Å². The van der Waals surface area contributed by atoms with E-state index in [2.05, 4.69) is 72.2 Å². The number of ether oxygens (including phenoxy) is 2. The highest BCUT2D eigenvalue weighted by Crippen LogP contribution is 2.50. The van der Waals surface area contributed by atoms with Gasteiger partial charge in [0, 0.05) is 53.8 Å². The van der Waals surface area contributed by atoms with Gasteiger partial charge in [-0.05, 0) is 40.0 Å². The Kier molecular flexibility index (Phi) is 14.1. The predicted octanol–water partition coefficient (Wildman–Crippen LogP) is 4.63. The molecule has 1 aliphatic rings. The first-order valence-electron chi connectivity index (χ1n) is 15.1. The summed E-state index contributed by atoms with van der Waals surface area (Å²) in [7, 11) is 7.64. The monoisotopic (exact) mass is 642 g/mol. The zero-order chi connectivity index (χ0) is 33.1. The summed E-state index contributed by atoms with van der Waals surface area (Å²) >= 11 is 0. The number of hydrogen-bond acceptors (Lipinski definition) is 11. The highest BCUT2D eigenvalue weighted by Gasteiger charge is 2.41. The smallest absolute Gasteiger partial charge is 0.259 e. The highest BCUT2D eigenvalue weighted by molar-refractivity contribution is 7.44. The van der Waals surface area contributed by atoms with E-state index in [-0.39, 0.29) is 43.3 Å². The predicted molar refractivity (Wildman–Crippen MR) is 177 cm³/mol. The Morgan fingerprint density at radius 3 is 2.40 bits per heavy atom. The minimum atomic E-state index is -1.46. The third kappa shape index (κ3) is 9.88. The van der Waals surface area contributed by atoms with Crippen LogP contribution in [0.25, 0.3) is 11.0 Å². The van der Waals surface area contributed by atoms with Gasteiger partial charge >= 0.3 is 0 Å². The minimum Gasteiger partial charge on any atom is -0.372 e. The molecule has 246 valence electrons. The third-order valence-corrected chi connectivity index (χ3v) is 8.66. The van der Waals surface area contributed by atoms with Crippen LogP contribution >= 0.6 is 8.53 Å². The molecule has 4 unspecified atom stereocenters. The zero-order valence-corrected chi connectivity index (χ0v) is 29.0. The Hall–Kier alpha value is -3.23. The largest absolute Gasteiger partial charge is 0.372 e. The van der Waals surface area contributed by atoms with E-state index in [9.17, 15) is 0 Å². The molecule has 0 aliphatic carbocycles. The van der Waals surface area contributed by atoms with Gasteiger partial charge in [-0.3, -0.25) is 0 Å². The molecule has 45 heavy (non-hydrogen) atoms. The average molecular weight is 643 g/mol. The van der Waals surface area contributed by atoms with E-state index in [4.69, 9.17) is 33.9 Å². The van der Waals surface area contributed by atoms with Crippen LogP contribution in [0.5, 0.6) is 0 Å². The van der Waals surface area contributed by atoms with Gasteiger partial charge < -0.3 is 28.3 Å². The summed E-state index contributed by atoms with van der Waals surface area (Å²) in [6.45, 7) is 11.1. The van der Waals surface area contributed by atoms with Crippen molar-refractivity contribution in [2.45, 2.75) is 84.4 Å². The van der Waals surface area contributed by atoms with Crippen LogP contribution in [0, 0.1) is 23.2 Å². The molecule has 0 bridgehead atoms. The quantitative estimate of drug-likeness (QED) is 0.0884. The molecule has 0 aromatic carbocycles. The standard InChI is InChI=1S/C30H47N10O4P/c1-11-24-25(44-45(42-17-13-15-31)40(21(2)3)22(4)5)18-26(43-24)39-29-27(23(36-39)14-12-16-41-10)28(32-19-37(6)7)34-30(35-29)33-20-38(8)9/h19-22,24-26H,11,13,16-18H2,1-10H3. The second kappa shape index (κ2) is 17.5. The topological polar surface area (TPSA) is 139 Å². The number of aliphatic imine (C=N–C) groups is 2. The van der Waals surface area contributed by atoms with E-state index >= 15 is 0 Å². The number of methoxy groups -OCH3 is 1. The lowest BCUT2D eigenvalue weighted by atomic mass is 10.1. The van der Waals surface area contributed by atoms with Crippen molar-refractivity contribution in [1.82, 2.24) is 34.2 Å². The average Bonchev–Trinajstić information content (AvgIpc) is 3.55. The molecule has 1 saturated heterocycles. The summed E-state index contributed by atoms with van der Waals surface area (Å²) in [5.41, 5.74) is 0.965. The summed E-state index contributed by atoms with van der Waals surface area (Å²) < 4.78 is 28.6.